The standard InChI is InChI=1S/C18H21F2N3O2S.ClH/c1-25-11-18(5-7-21-8-6-18)10-22-16(24)14-9-26-17(23-14)15-12(19)3-2-4-13(15)20;/h2-4,9,21H,5-8,10-11H2,1H3,(H,22,24);1H. The predicted molar refractivity (Wildman–Crippen MR) is 103 cm³/mol. The largest absolute Gasteiger partial charge is 0.384 e. The van der Waals surface area contributed by atoms with Gasteiger partial charge in [0.15, 0.2) is 0 Å². The van der Waals surface area contributed by atoms with Crippen LogP contribution in [0.15, 0.2) is 23.6 Å². The third-order valence-corrected chi connectivity index (χ3v) is 5.51. The average molecular weight is 418 g/mol. The molecule has 0 atom stereocenters. The van der Waals surface area contributed by atoms with Crippen molar-refractivity contribution in [1.29, 1.82) is 0 Å². The van der Waals surface area contributed by atoms with E-state index in [1.54, 1.807) is 7.11 Å². The highest BCUT2D eigenvalue weighted by molar-refractivity contribution is 7.13. The molecule has 0 aliphatic carbocycles. The summed E-state index contributed by atoms with van der Waals surface area (Å²) in [6.07, 6.45) is 1.81. The SMILES string of the molecule is COCC1(CNC(=O)c2csc(-c3c(F)cccc3F)n2)CCNCC1.Cl. The third kappa shape index (κ3) is 5.01. The van der Waals surface area contributed by atoms with Gasteiger partial charge in [-0.05, 0) is 38.1 Å². The molecule has 1 aromatic carbocycles. The van der Waals surface area contributed by atoms with Gasteiger partial charge in [0.25, 0.3) is 5.91 Å². The van der Waals surface area contributed by atoms with Crippen molar-refractivity contribution >= 4 is 29.7 Å². The molecule has 0 spiro atoms. The number of hydrogen-bond acceptors (Lipinski definition) is 5. The predicted octanol–water partition coefficient (Wildman–Crippen LogP) is 3.26. The summed E-state index contributed by atoms with van der Waals surface area (Å²) in [5, 5.41) is 7.87. The van der Waals surface area contributed by atoms with Crippen molar-refractivity contribution in [1.82, 2.24) is 15.6 Å². The number of thiazole rings is 1. The molecule has 0 saturated carbocycles. The van der Waals surface area contributed by atoms with Crippen LogP contribution >= 0.6 is 23.7 Å². The van der Waals surface area contributed by atoms with Gasteiger partial charge in [-0.1, -0.05) is 6.07 Å². The maximum atomic E-state index is 13.9. The molecule has 0 bridgehead atoms. The van der Waals surface area contributed by atoms with E-state index in [1.165, 1.54) is 23.6 Å². The summed E-state index contributed by atoms with van der Waals surface area (Å²) in [4.78, 5) is 16.6. The highest BCUT2D eigenvalue weighted by atomic mass is 35.5. The van der Waals surface area contributed by atoms with Crippen LogP contribution in [0.25, 0.3) is 10.6 Å². The van der Waals surface area contributed by atoms with Crippen molar-refractivity contribution in [2.24, 2.45) is 5.41 Å². The quantitative estimate of drug-likeness (QED) is 0.757. The minimum absolute atomic E-state index is 0. The van der Waals surface area contributed by atoms with E-state index < -0.39 is 11.6 Å². The fourth-order valence-corrected chi connectivity index (χ4v) is 4.04. The second-order valence-electron chi connectivity index (χ2n) is 6.50. The van der Waals surface area contributed by atoms with Gasteiger partial charge in [0, 0.05) is 24.4 Å². The summed E-state index contributed by atoms with van der Waals surface area (Å²) < 4.78 is 33.1. The van der Waals surface area contributed by atoms with Crippen molar-refractivity contribution in [3.63, 3.8) is 0 Å². The van der Waals surface area contributed by atoms with Crippen LogP contribution in [-0.2, 0) is 4.74 Å². The molecule has 0 radical (unpaired) electrons. The van der Waals surface area contributed by atoms with Crippen molar-refractivity contribution in [3.05, 3.63) is 40.9 Å². The van der Waals surface area contributed by atoms with Gasteiger partial charge in [-0.2, -0.15) is 0 Å². The monoisotopic (exact) mass is 417 g/mol. The first-order chi connectivity index (χ1) is 12.5. The first-order valence-corrected chi connectivity index (χ1v) is 9.30. The molecular formula is C18H22ClF2N3O2S. The molecule has 2 heterocycles. The number of piperidine rings is 1. The molecule has 1 saturated heterocycles. The van der Waals surface area contributed by atoms with Crippen LogP contribution in [0, 0.1) is 17.0 Å². The Balaban J connectivity index is 0.00000261. The number of ether oxygens (including phenoxy) is 1. The van der Waals surface area contributed by atoms with Crippen LogP contribution in [0.2, 0.25) is 0 Å². The van der Waals surface area contributed by atoms with Gasteiger partial charge < -0.3 is 15.4 Å². The number of benzene rings is 1. The van der Waals surface area contributed by atoms with Crippen LogP contribution in [0.1, 0.15) is 23.3 Å². The van der Waals surface area contributed by atoms with Crippen LogP contribution in [0.3, 0.4) is 0 Å². The van der Waals surface area contributed by atoms with E-state index in [-0.39, 0.29) is 40.0 Å². The average Bonchev–Trinajstić information content (AvgIpc) is 3.10. The number of nitrogens with zero attached hydrogens (tertiary/aromatic N) is 1. The number of amides is 1. The van der Waals surface area contributed by atoms with Crippen LogP contribution in [0.4, 0.5) is 8.78 Å². The molecule has 2 aromatic rings. The lowest BCUT2D eigenvalue weighted by atomic mass is 9.79. The Labute approximate surface area is 166 Å². The fraction of sp³-hybridized carbons (Fsp3) is 0.444. The highest BCUT2D eigenvalue weighted by Gasteiger charge is 2.32. The zero-order chi connectivity index (χ0) is 18.6. The summed E-state index contributed by atoms with van der Waals surface area (Å²) in [6.45, 7) is 2.80. The molecule has 1 aromatic heterocycles. The van der Waals surface area contributed by atoms with Crippen molar-refractivity contribution in [2.45, 2.75) is 12.8 Å². The zero-order valence-corrected chi connectivity index (χ0v) is 16.5. The van der Waals surface area contributed by atoms with Gasteiger partial charge in [-0.15, -0.1) is 23.7 Å². The van der Waals surface area contributed by atoms with Gasteiger partial charge in [-0.25, -0.2) is 13.8 Å². The number of aromatic nitrogens is 1. The highest BCUT2D eigenvalue weighted by Crippen LogP contribution is 2.30. The van der Waals surface area contributed by atoms with Gasteiger partial charge in [-0.3, -0.25) is 4.79 Å². The molecule has 0 unspecified atom stereocenters. The maximum Gasteiger partial charge on any atom is 0.270 e. The molecule has 1 aliphatic heterocycles. The van der Waals surface area contributed by atoms with E-state index >= 15 is 0 Å². The molecule has 27 heavy (non-hydrogen) atoms. The van der Waals surface area contributed by atoms with Gasteiger partial charge >= 0.3 is 0 Å². The first kappa shape index (κ1) is 21.7. The van der Waals surface area contributed by atoms with Crippen LogP contribution in [-0.4, -0.2) is 44.2 Å². The Bertz CT molecular complexity index is 756. The lowest BCUT2D eigenvalue weighted by molar-refractivity contribution is 0.0511. The minimum atomic E-state index is -0.694. The van der Waals surface area contributed by atoms with Gasteiger partial charge in [0.05, 0.1) is 12.2 Å². The number of halogens is 3. The normalized spacial score (nSPS) is 15.8. The first-order valence-electron chi connectivity index (χ1n) is 8.42. The van der Waals surface area contributed by atoms with Crippen molar-refractivity contribution in [3.8, 4) is 10.6 Å². The number of nitrogens with one attached hydrogen (secondary N) is 2. The Morgan fingerprint density at radius 2 is 2.00 bits per heavy atom. The second-order valence-corrected chi connectivity index (χ2v) is 7.36. The molecule has 5 nitrogen and oxygen atoms in total. The smallest absolute Gasteiger partial charge is 0.270 e. The third-order valence-electron chi connectivity index (χ3n) is 4.65. The molecule has 3 rings (SSSR count). The molecule has 1 aliphatic rings. The van der Waals surface area contributed by atoms with E-state index in [0.717, 1.165) is 37.3 Å². The zero-order valence-electron chi connectivity index (χ0n) is 14.9. The van der Waals surface area contributed by atoms with E-state index in [1.807, 2.05) is 0 Å². The molecule has 2 N–H and O–H groups in total. The van der Waals surface area contributed by atoms with Gasteiger partial charge in [0.2, 0.25) is 0 Å². The molecular weight excluding hydrogens is 396 g/mol. The summed E-state index contributed by atoms with van der Waals surface area (Å²) >= 11 is 1.04. The topological polar surface area (TPSA) is 63.2 Å². The Morgan fingerprint density at radius 3 is 2.63 bits per heavy atom. The number of carbonyl (C=O) groups excluding carboxylic acids is 1. The van der Waals surface area contributed by atoms with Gasteiger partial charge in [0.1, 0.15) is 22.3 Å². The number of hydrogen-bond donors (Lipinski definition) is 2. The van der Waals surface area contributed by atoms with Crippen molar-refractivity contribution in [2.75, 3.05) is 33.4 Å². The summed E-state index contributed by atoms with van der Waals surface area (Å²) in [5.74, 6) is -1.74. The van der Waals surface area contributed by atoms with E-state index in [2.05, 4.69) is 15.6 Å². The summed E-state index contributed by atoms with van der Waals surface area (Å²) in [6, 6.07) is 3.64. The summed E-state index contributed by atoms with van der Waals surface area (Å²) in [7, 11) is 1.65. The summed E-state index contributed by atoms with van der Waals surface area (Å²) in [5.41, 5.74) is -0.147. The second kappa shape index (κ2) is 9.54. The molecule has 148 valence electrons. The lowest BCUT2D eigenvalue weighted by Gasteiger charge is -2.37. The number of rotatable bonds is 6. The Morgan fingerprint density at radius 1 is 1.33 bits per heavy atom. The maximum absolute atomic E-state index is 13.9. The number of methoxy groups -OCH3 is 1. The molecule has 9 heteroatoms. The Hall–Kier alpha value is -1.61. The van der Waals surface area contributed by atoms with Crippen molar-refractivity contribution < 1.29 is 18.3 Å². The molecule has 1 amide bonds. The van der Waals surface area contributed by atoms with Crippen LogP contribution < -0.4 is 10.6 Å². The van der Waals surface area contributed by atoms with E-state index in [0.29, 0.717) is 13.2 Å². The molecule has 1 fully saturated rings. The minimum Gasteiger partial charge on any atom is -0.384 e. The Kier molecular flexibility index (Phi) is 7.67. The van der Waals surface area contributed by atoms with E-state index in [4.69, 9.17) is 4.74 Å². The van der Waals surface area contributed by atoms with Crippen LogP contribution in [0.5, 0.6) is 0 Å². The number of carbonyl (C=O) groups is 1. The fourth-order valence-electron chi connectivity index (χ4n) is 3.19. The van der Waals surface area contributed by atoms with E-state index in [9.17, 15) is 13.6 Å². The lowest BCUT2D eigenvalue weighted by Crippen LogP contribution is -2.47.